The summed E-state index contributed by atoms with van der Waals surface area (Å²) in [6.45, 7) is 0. The van der Waals surface area contributed by atoms with Crippen molar-refractivity contribution in [1.82, 2.24) is 4.98 Å². The molecule has 6 nitrogen and oxygen atoms in total. The van der Waals surface area contributed by atoms with Crippen molar-refractivity contribution in [1.29, 1.82) is 0 Å². The third-order valence-corrected chi connectivity index (χ3v) is 4.37. The zero-order valence-electron chi connectivity index (χ0n) is 15.4. The molecule has 0 fully saturated rings. The average molecular weight is 433 g/mol. The summed E-state index contributed by atoms with van der Waals surface area (Å²) in [6.07, 6.45) is 3.46. The van der Waals surface area contributed by atoms with Crippen molar-refractivity contribution in [2.75, 3.05) is 5.32 Å². The molecule has 3 rings (SSSR count). The summed E-state index contributed by atoms with van der Waals surface area (Å²) in [6, 6.07) is 19.4. The highest BCUT2D eigenvalue weighted by Gasteiger charge is 2.34. The summed E-state index contributed by atoms with van der Waals surface area (Å²) < 4.78 is 0. The molecule has 0 spiro atoms. The van der Waals surface area contributed by atoms with Gasteiger partial charge in [-0.15, -0.1) is 24.8 Å². The van der Waals surface area contributed by atoms with E-state index < -0.39 is 11.4 Å². The number of halogens is 2. The number of carbonyl (C=O) groups excluding carboxylic acids is 2. The smallest absolute Gasteiger partial charge is 0.255 e. The number of amides is 2. The van der Waals surface area contributed by atoms with Crippen LogP contribution in [0.5, 0.6) is 0 Å². The van der Waals surface area contributed by atoms with Crippen LogP contribution in [-0.2, 0) is 16.8 Å². The first kappa shape index (κ1) is 24.1. The van der Waals surface area contributed by atoms with Crippen molar-refractivity contribution in [3.63, 3.8) is 0 Å². The van der Waals surface area contributed by atoms with Gasteiger partial charge in [0, 0.05) is 30.1 Å². The van der Waals surface area contributed by atoms with E-state index in [9.17, 15) is 9.59 Å². The van der Waals surface area contributed by atoms with Crippen molar-refractivity contribution in [3.8, 4) is 0 Å². The molecular formula is C21H22Cl2N4O2. The van der Waals surface area contributed by atoms with Crippen LogP contribution in [0, 0.1) is 0 Å². The number of nitrogens with two attached hydrogens (primary N) is 2. The van der Waals surface area contributed by atoms with Crippen LogP contribution in [0.1, 0.15) is 21.5 Å². The number of aromatic nitrogens is 1. The van der Waals surface area contributed by atoms with E-state index in [1.807, 2.05) is 30.3 Å². The molecule has 2 amide bonds. The highest BCUT2D eigenvalue weighted by Crippen LogP contribution is 2.24. The fourth-order valence-electron chi connectivity index (χ4n) is 2.81. The highest BCUT2D eigenvalue weighted by atomic mass is 35.5. The molecule has 8 heteroatoms. The van der Waals surface area contributed by atoms with E-state index in [-0.39, 0.29) is 37.1 Å². The Balaban J connectivity index is 0.00000210. The Morgan fingerprint density at radius 2 is 1.48 bits per heavy atom. The van der Waals surface area contributed by atoms with Gasteiger partial charge >= 0.3 is 0 Å². The molecule has 0 aliphatic rings. The van der Waals surface area contributed by atoms with E-state index in [0.29, 0.717) is 16.8 Å². The predicted octanol–water partition coefficient (Wildman–Crippen LogP) is 3.06. The lowest BCUT2D eigenvalue weighted by Crippen LogP contribution is -2.50. The number of anilines is 1. The maximum absolute atomic E-state index is 12.3. The fourth-order valence-corrected chi connectivity index (χ4v) is 2.81. The summed E-state index contributed by atoms with van der Waals surface area (Å²) in [4.78, 5) is 28.3. The second kappa shape index (κ2) is 10.6. The standard InChI is InChI=1S/C21H20N4O2.2ClH/c22-20(27)21(23,14-15-4-2-1-3-5-15)17-8-6-16(7-9-17)19(26)25-18-10-12-24-13-11-18;;/h1-13H,14,23H2,(H2,22,27)(H,24,25,26);2*1H/t21-;;/m1../s1. The van der Waals surface area contributed by atoms with Crippen molar-refractivity contribution in [2.45, 2.75) is 12.0 Å². The van der Waals surface area contributed by atoms with E-state index in [0.717, 1.165) is 5.56 Å². The number of rotatable bonds is 6. The van der Waals surface area contributed by atoms with Crippen LogP contribution in [0.4, 0.5) is 5.69 Å². The Kier molecular flexibility index (Phi) is 8.79. The third kappa shape index (κ3) is 5.77. The summed E-state index contributed by atoms with van der Waals surface area (Å²) in [7, 11) is 0. The van der Waals surface area contributed by atoms with Gasteiger partial charge < -0.3 is 16.8 Å². The molecule has 5 N–H and O–H groups in total. The minimum atomic E-state index is -1.36. The molecular weight excluding hydrogens is 411 g/mol. The maximum Gasteiger partial charge on any atom is 0.255 e. The monoisotopic (exact) mass is 432 g/mol. The van der Waals surface area contributed by atoms with E-state index in [1.54, 1.807) is 48.8 Å². The molecule has 1 atom stereocenters. The van der Waals surface area contributed by atoms with Gasteiger partial charge in [0.05, 0.1) is 0 Å². The van der Waals surface area contributed by atoms with Crippen molar-refractivity contribution < 1.29 is 9.59 Å². The maximum atomic E-state index is 12.3. The lowest BCUT2D eigenvalue weighted by Gasteiger charge is -2.27. The summed E-state index contributed by atoms with van der Waals surface area (Å²) in [5.74, 6) is -0.891. The van der Waals surface area contributed by atoms with Crippen LogP contribution < -0.4 is 16.8 Å². The molecule has 0 aliphatic heterocycles. The average Bonchev–Trinajstić information content (AvgIpc) is 2.69. The minimum absolute atomic E-state index is 0. The quantitative estimate of drug-likeness (QED) is 0.555. The first-order valence-corrected chi connectivity index (χ1v) is 8.44. The largest absolute Gasteiger partial charge is 0.368 e. The van der Waals surface area contributed by atoms with Gasteiger partial charge in [0.1, 0.15) is 5.54 Å². The molecule has 0 bridgehead atoms. The summed E-state index contributed by atoms with van der Waals surface area (Å²) in [5.41, 5.74) is 13.2. The van der Waals surface area contributed by atoms with Crippen LogP contribution >= 0.6 is 24.8 Å². The predicted molar refractivity (Wildman–Crippen MR) is 118 cm³/mol. The van der Waals surface area contributed by atoms with Gasteiger partial charge in [-0.2, -0.15) is 0 Å². The molecule has 2 aromatic carbocycles. The number of nitrogens with one attached hydrogen (secondary N) is 1. The lowest BCUT2D eigenvalue weighted by molar-refractivity contribution is -0.123. The molecule has 0 saturated heterocycles. The van der Waals surface area contributed by atoms with Crippen molar-refractivity contribution in [3.05, 3.63) is 95.8 Å². The van der Waals surface area contributed by atoms with Crippen molar-refractivity contribution >= 4 is 42.3 Å². The number of hydrogen-bond acceptors (Lipinski definition) is 4. The van der Waals surface area contributed by atoms with Crippen LogP contribution in [-0.4, -0.2) is 16.8 Å². The fraction of sp³-hybridized carbons (Fsp3) is 0.0952. The van der Waals surface area contributed by atoms with Crippen molar-refractivity contribution in [2.24, 2.45) is 11.5 Å². The van der Waals surface area contributed by atoms with Gasteiger partial charge in [-0.3, -0.25) is 14.6 Å². The highest BCUT2D eigenvalue weighted by molar-refractivity contribution is 6.04. The zero-order valence-corrected chi connectivity index (χ0v) is 17.1. The Labute approximate surface area is 181 Å². The molecule has 1 heterocycles. The molecule has 0 radical (unpaired) electrons. The number of primary amides is 1. The number of hydrogen-bond donors (Lipinski definition) is 3. The first-order valence-electron chi connectivity index (χ1n) is 8.44. The number of benzene rings is 2. The topological polar surface area (TPSA) is 111 Å². The number of carbonyl (C=O) groups is 2. The van der Waals surface area contributed by atoms with E-state index in [2.05, 4.69) is 10.3 Å². The van der Waals surface area contributed by atoms with Crippen LogP contribution in [0.15, 0.2) is 79.1 Å². The van der Waals surface area contributed by atoms with Gasteiger partial charge in [-0.1, -0.05) is 42.5 Å². The Bertz CT molecular complexity index is 938. The van der Waals surface area contributed by atoms with E-state index in [1.165, 1.54) is 0 Å². The molecule has 152 valence electrons. The molecule has 3 aromatic rings. The van der Waals surface area contributed by atoms with E-state index in [4.69, 9.17) is 11.5 Å². The Morgan fingerprint density at radius 1 is 0.897 bits per heavy atom. The Hall–Kier alpha value is -2.93. The lowest BCUT2D eigenvalue weighted by atomic mass is 9.83. The second-order valence-corrected chi connectivity index (χ2v) is 6.27. The molecule has 0 saturated carbocycles. The van der Waals surface area contributed by atoms with Crippen LogP contribution in [0.2, 0.25) is 0 Å². The van der Waals surface area contributed by atoms with E-state index >= 15 is 0 Å². The second-order valence-electron chi connectivity index (χ2n) is 6.27. The molecule has 29 heavy (non-hydrogen) atoms. The zero-order chi connectivity index (χ0) is 19.3. The summed E-state index contributed by atoms with van der Waals surface area (Å²) in [5, 5.41) is 2.78. The van der Waals surface area contributed by atoms with Crippen LogP contribution in [0.3, 0.4) is 0 Å². The van der Waals surface area contributed by atoms with Crippen LogP contribution in [0.25, 0.3) is 0 Å². The van der Waals surface area contributed by atoms with Gasteiger partial charge in [-0.05, 0) is 35.4 Å². The SMILES string of the molecule is Cl.Cl.NC(=O)[C@@](N)(Cc1ccccc1)c1ccc(C(=O)Nc2ccncc2)cc1. The third-order valence-electron chi connectivity index (χ3n) is 4.37. The molecule has 1 aromatic heterocycles. The molecule has 0 aliphatic carbocycles. The summed E-state index contributed by atoms with van der Waals surface area (Å²) >= 11 is 0. The normalized spacial score (nSPS) is 11.9. The van der Waals surface area contributed by atoms with Gasteiger partial charge in [0.25, 0.3) is 5.91 Å². The van der Waals surface area contributed by atoms with Gasteiger partial charge in [-0.25, -0.2) is 0 Å². The number of nitrogens with zero attached hydrogens (tertiary/aromatic N) is 1. The first-order chi connectivity index (χ1) is 13.0. The molecule has 0 unspecified atom stereocenters. The number of pyridine rings is 1. The van der Waals surface area contributed by atoms with Gasteiger partial charge in [0.15, 0.2) is 0 Å². The Morgan fingerprint density at radius 3 is 2.03 bits per heavy atom. The minimum Gasteiger partial charge on any atom is -0.368 e. The van der Waals surface area contributed by atoms with Gasteiger partial charge in [0.2, 0.25) is 5.91 Å².